The van der Waals surface area contributed by atoms with E-state index in [1.807, 2.05) is 79.7 Å². The number of fused-ring (bicyclic) bond motifs is 1. The molecule has 0 atom stereocenters. The van der Waals surface area contributed by atoms with Gasteiger partial charge >= 0.3 is 0 Å². The molecule has 1 aromatic heterocycles. The molecule has 0 radical (unpaired) electrons. The number of thioether (sulfide) groups is 1. The highest BCUT2D eigenvalue weighted by molar-refractivity contribution is 7.99. The molecule has 0 aliphatic heterocycles. The minimum Gasteiger partial charge on any atom is -0.493 e. The molecule has 5 aromatic rings. The van der Waals surface area contributed by atoms with Crippen molar-refractivity contribution in [1.82, 2.24) is 15.0 Å². The van der Waals surface area contributed by atoms with E-state index in [4.69, 9.17) is 14.5 Å². The van der Waals surface area contributed by atoms with Crippen LogP contribution in [0.25, 0.3) is 16.6 Å². The molecule has 41 heavy (non-hydrogen) atoms. The fraction of sp³-hybridized carbons (Fsp3) is 0.125. The predicted molar refractivity (Wildman–Crippen MR) is 162 cm³/mol. The Bertz CT molecular complexity index is 1770. The third-order valence-electron chi connectivity index (χ3n) is 6.26. The van der Waals surface area contributed by atoms with Gasteiger partial charge in [0.25, 0.3) is 11.5 Å². The van der Waals surface area contributed by atoms with Crippen molar-refractivity contribution >= 4 is 34.8 Å². The second-order valence-electron chi connectivity index (χ2n) is 9.11. The summed E-state index contributed by atoms with van der Waals surface area (Å²) in [6, 6.07) is 30.1. The van der Waals surface area contributed by atoms with Gasteiger partial charge in [-0.15, -0.1) is 0 Å². The molecule has 206 valence electrons. The van der Waals surface area contributed by atoms with Gasteiger partial charge in [0.05, 0.1) is 35.7 Å². The zero-order valence-corrected chi connectivity index (χ0v) is 23.4. The van der Waals surface area contributed by atoms with Crippen LogP contribution in [0, 0.1) is 6.92 Å². The smallest absolute Gasteiger partial charge is 0.266 e. The molecule has 0 aliphatic carbocycles. The van der Waals surface area contributed by atoms with E-state index in [1.165, 1.54) is 18.0 Å². The van der Waals surface area contributed by atoms with E-state index in [-0.39, 0.29) is 17.2 Å². The molecule has 9 heteroatoms. The highest BCUT2D eigenvalue weighted by atomic mass is 32.2. The first-order chi connectivity index (χ1) is 20.0. The fourth-order valence-corrected chi connectivity index (χ4v) is 4.99. The van der Waals surface area contributed by atoms with E-state index >= 15 is 0 Å². The Hall–Kier alpha value is -4.89. The van der Waals surface area contributed by atoms with Crippen LogP contribution in [0.15, 0.2) is 112 Å². The summed E-state index contributed by atoms with van der Waals surface area (Å²) < 4.78 is 12.9. The maximum atomic E-state index is 13.4. The summed E-state index contributed by atoms with van der Waals surface area (Å²) in [6.45, 7) is 2.35. The fourth-order valence-electron chi connectivity index (χ4n) is 4.20. The molecule has 0 spiro atoms. The van der Waals surface area contributed by atoms with Gasteiger partial charge in [0.1, 0.15) is 6.61 Å². The van der Waals surface area contributed by atoms with Crippen LogP contribution in [-0.2, 0) is 11.4 Å². The van der Waals surface area contributed by atoms with Gasteiger partial charge in [0, 0.05) is 0 Å². The molecule has 0 aliphatic rings. The summed E-state index contributed by atoms with van der Waals surface area (Å²) in [5.41, 5.74) is 6.37. The zero-order chi connectivity index (χ0) is 28.6. The van der Waals surface area contributed by atoms with Crippen LogP contribution in [0.4, 0.5) is 0 Å². The summed E-state index contributed by atoms with van der Waals surface area (Å²) in [5, 5.41) is 5.04. The maximum absolute atomic E-state index is 13.4. The summed E-state index contributed by atoms with van der Waals surface area (Å²) in [6.07, 6.45) is 1.53. The lowest BCUT2D eigenvalue weighted by Gasteiger charge is -2.14. The first-order valence-electron chi connectivity index (χ1n) is 12.9. The van der Waals surface area contributed by atoms with Gasteiger partial charge < -0.3 is 9.47 Å². The lowest BCUT2D eigenvalue weighted by atomic mass is 10.2. The number of aryl methyl sites for hydroxylation is 1. The first-order valence-corrected chi connectivity index (χ1v) is 13.9. The molecular weight excluding hydrogens is 536 g/mol. The number of hydrogen-bond donors (Lipinski definition) is 1. The minimum absolute atomic E-state index is 0.0174. The van der Waals surface area contributed by atoms with Crippen molar-refractivity contribution in [2.45, 2.75) is 18.7 Å². The third-order valence-corrected chi connectivity index (χ3v) is 7.20. The van der Waals surface area contributed by atoms with Gasteiger partial charge in [0.15, 0.2) is 16.7 Å². The molecule has 1 amide bonds. The summed E-state index contributed by atoms with van der Waals surface area (Å²) >= 11 is 1.17. The standard InChI is InChI=1S/C32H28N4O4S/c1-22-10-6-9-15-27(22)36-31(38)25-13-7-8-14-26(25)34-32(36)41-21-30(37)35-33-19-24-16-17-28(29(18-24)39-2)40-20-23-11-4-3-5-12-23/h3-19H,20-21H2,1-2H3,(H,35,37). The Morgan fingerprint density at radius 3 is 2.54 bits per heavy atom. The first kappa shape index (κ1) is 27.7. The van der Waals surface area contributed by atoms with Crippen molar-refractivity contribution < 1.29 is 14.3 Å². The number of carbonyl (C=O) groups excluding carboxylic acids is 1. The monoisotopic (exact) mass is 564 g/mol. The number of nitrogens with one attached hydrogen (secondary N) is 1. The van der Waals surface area contributed by atoms with E-state index in [0.717, 1.165) is 22.4 Å². The Labute approximate surface area is 241 Å². The van der Waals surface area contributed by atoms with Crippen LogP contribution >= 0.6 is 11.8 Å². The zero-order valence-electron chi connectivity index (χ0n) is 22.6. The molecule has 0 saturated heterocycles. The van der Waals surface area contributed by atoms with Crippen molar-refractivity contribution in [2.75, 3.05) is 12.9 Å². The van der Waals surface area contributed by atoms with Crippen molar-refractivity contribution in [3.8, 4) is 17.2 Å². The van der Waals surface area contributed by atoms with Crippen LogP contribution in [-0.4, -0.2) is 34.5 Å². The molecule has 8 nitrogen and oxygen atoms in total. The van der Waals surface area contributed by atoms with Gasteiger partial charge in [-0.2, -0.15) is 5.10 Å². The van der Waals surface area contributed by atoms with Crippen LogP contribution in [0.2, 0.25) is 0 Å². The van der Waals surface area contributed by atoms with Crippen molar-refractivity contribution in [3.05, 3.63) is 124 Å². The lowest BCUT2D eigenvalue weighted by Crippen LogP contribution is -2.24. The summed E-state index contributed by atoms with van der Waals surface area (Å²) in [5.74, 6) is 0.850. The predicted octanol–water partition coefficient (Wildman–Crippen LogP) is 5.52. The van der Waals surface area contributed by atoms with Gasteiger partial charge in [-0.05, 0) is 60.0 Å². The highest BCUT2D eigenvalue weighted by Crippen LogP contribution is 2.28. The molecule has 0 bridgehead atoms. The minimum atomic E-state index is -0.334. The number of benzene rings is 4. The molecule has 1 heterocycles. The number of ether oxygens (including phenoxy) is 2. The molecule has 0 saturated carbocycles. The Morgan fingerprint density at radius 1 is 0.976 bits per heavy atom. The summed E-state index contributed by atoms with van der Waals surface area (Å²) in [4.78, 5) is 30.8. The topological polar surface area (TPSA) is 94.8 Å². The normalized spacial score (nSPS) is 11.1. The number of rotatable bonds is 10. The average Bonchev–Trinajstić information content (AvgIpc) is 3.00. The second-order valence-corrected chi connectivity index (χ2v) is 10.0. The SMILES string of the molecule is COc1cc(C=NNC(=O)CSc2nc3ccccc3c(=O)n2-c2ccccc2C)ccc1OCc1ccccc1. The Morgan fingerprint density at radius 2 is 1.73 bits per heavy atom. The lowest BCUT2D eigenvalue weighted by molar-refractivity contribution is -0.118. The van der Waals surface area contributed by atoms with Gasteiger partial charge in [0.2, 0.25) is 0 Å². The number of aromatic nitrogens is 2. The van der Waals surface area contributed by atoms with Crippen molar-refractivity contribution in [1.29, 1.82) is 0 Å². The highest BCUT2D eigenvalue weighted by Gasteiger charge is 2.16. The van der Waals surface area contributed by atoms with Gasteiger partial charge in [-0.1, -0.05) is 72.4 Å². The van der Waals surface area contributed by atoms with Crippen molar-refractivity contribution in [2.24, 2.45) is 5.10 Å². The number of amides is 1. The van der Waals surface area contributed by atoms with E-state index in [1.54, 1.807) is 35.9 Å². The Balaban J connectivity index is 1.26. The number of carbonyl (C=O) groups is 1. The van der Waals surface area contributed by atoms with Gasteiger partial charge in [-0.25, -0.2) is 10.4 Å². The molecule has 0 fully saturated rings. The largest absolute Gasteiger partial charge is 0.493 e. The number of para-hydroxylation sites is 2. The number of hydrazone groups is 1. The van der Waals surface area contributed by atoms with Crippen molar-refractivity contribution in [3.63, 3.8) is 0 Å². The van der Waals surface area contributed by atoms with E-state index in [2.05, 4.69) is 10.5 Å². The molecule has 0 unspecified atom stereocenters. The van der Waals surface area contributed by atoms with E-state index < -0.39 is 0 Å². The summed E-state index contributed by atoms with van der Waals surface area (Å²) in [7, 11) is 1.57. The third kappa shape index (κ3) is 6.64. The quantitative estimate of drug-likeness (QED) is 0.104. The van der Waals surface area contributed by atoms with E-state index in [9.17, 15) is 9.59 Å². The van der Waals surface area contributed by atoms with Crippen LogP contribution in [0.5, 0.6) is 11.5 Å². The Kier molecular flexibility index (Phi) is 8.76. The maximum Gasteiger partial charge on any atom is 0.266 e. The number of methoxy groups -OCH3 is 1. The molecular formula is C32H28N4O4S. The van der Waals surface area contributed by atoms with Crippen LogP contribution < -0.4 is 20.5 Å². The second kappa shape index (κ2) is 13.0. The molecule has 5 rings (SSSR count). The van der Waals surface area contributed by atoms with Crippen LogP contribution in [0.3, 0.4) is 0 Å². The number of nitrogens with zero attached hydrogens (tertiary/aromatic N) is 3. The van der Waals surface area contributed by atoms with E-state index in [0.29, 0.717) is 34.2 Å². The van der Waals surface area contributed by atoms with Crippen LogP contribution in [0.1, 0.15) is 16.7 Å². The van der Waals surface area contributed by atoms with Gasteiger partial charge in [-0.3, -0.25) is 14.2 Å². The molecule has 4 aromatic carbocycles. The number of hydrogen-bond acceptors (Lipinski definition) is 7. The average molecular weight is 565 g/mol. The molecule has 1 N–H and O–H groups in total.